The average molecular weight is 493 g/mol. The van der Waals surface area contributed by atoms with Crippen molar-refractivity contribution in [2.45, 2.75) is 19.3 Å². The molecule has 2 aromatic heterocycles. The maximum absolute atomic E-state index is 13.5. The van der Waals surface area contributed by atoms with Crippen molar-refractivity contribution >= 4 is 10.9 Å². The fraction of sp³-hybridized carbons (Fsp3) is 0.296. The zero-order chi connectivity index (χ0) is 25.1. The summed E-state index contributed by atoms with van der Waals surface area (Å²) in [7, 11) is 1.54. The third-order valence-electron chi connectivity index (χ3n) is 6.27. The fourth-order valence-corrected chi connectivity index (χ4v) is 4.42. The van der Waals surface area contributed by atoms with Gasteiger partial charge in [0.2, 0.25) is 0 Å². The minimum absolute atomic E-state index is 0.281. The quantitative estimate of drug-likeness (QED) is 0.401. The van der Waals surface area contributed by atoms with Crippen molar-refractivity contribution in [1.82, 2.24) is 20.3 Å². The second-order valence-corrected chi connectivity index (χ2v) is 8.94. The normalized spacial score (nSPS) is 15.7. The Hall–Kier alpha value is -3.85. The number of methoxy groups -OCH3 is 1. The van der Waals surface area contributed by atoms with Gasteiger partial charge in [-0.25, -0.2) is 13.8 Å². The topological polar surface area (TPSA) is 89.1 Å². The van der Waals surface area contributed by atoms with Crippen LogP contribution in [0.25, 0.3) is 22.2 Å². The monoisotopic (exact) mass is 492 g/mol. The van der Waals surface area contributed by atoms with Crippen molar-refractivity contribution in [2.24, 2.45) is 5.92 Å². The van der Waals surface area contributed by atoms with Crippen LogP contribution in [0, 0.1) is 17.6 Å². The predicted octanol–water partition coefficient (Wildman–Crippen LogP) is 4.24. The summed E-state index contributed by atoms with van der Waals surface area (Å²) in [4.78, 5) is 24.6. The number of hydrogen-bond donors (Lipinski definition) is 2. The van der Waals surface area contributed by atoms with Crippen molar-refractivity contribution in [3.8, 4) is 22.8 Å². The van der Waals surface area contributed by atoms with Crippen molar-refractivity contribution in [3.05, 3.63) is 82.0 Å². The molecule has 0 spiro atoms. The number of nitrogens with one attached hydrogen (secondary N) is 2. The second kappa shape index (κ2) is 10.4. The number of nitrogens with zero attached hydrogens (tertiary/aromatic N) is 2. The molecule has 7 nitrogen and oxygen atoms in total. The molecule has 4 aromatic rings. The molecule has 1 aliphatic heterocycles. The summed E-state index contributed by atoms with van der Waals surface area (Å²) < 4.78 is 38.6. The summed E-state index contributed by atoms with van der Waals surface area (Å²) in [6.45, 7) is 2.50. The summed E-state index contributed by atoms with van der Waals surface area (Å²) in [5.74, 6) is 0.592. The smallest absolute Gasteiger partial charge is 0.258 e. The van der Waals surface area contributed by atoms with Gasteiger partial charge in [-0.1, -0.05) is 6.07 Å². The van der Waals surface area contributed by atoms with Gasteiger partial charge in [0.25, 0.3) is 5.56 Å². The molecule has 0 saturated carbocycles. The van der Waals surface area contributed by atoms with E-state index in [1.54, 1.807) is 37.6 Å². The molecule has 0 aliphatic carbocycles. The number of aromatic amines is 1. The molecule has 3 heterocycles. The van der Waals surface area contributed by atoms with E-state index in [1.807, 2.05) is 0 Å². The lowest BCUT2D eigenvalue weighted by Gasteiger charge is -2.23. The SMILES string of the molecule is COc1cc2c(=O)[nH]c(Cc3ccc(-c4cc(F)cc(F)c4)nc3)nc2cc1OC[C@H]1CCCNC1. The highest BCUT2D eigenvalue weighted by Gasteiger charge is 2.17. The van der Waals surface area contributed by atoms with Gasteiger partial charge < -0.3 is 19.8 Å². The van der Waals surface area contributed by atoms with Gasteiger partial charge in [-0.05, 0) is 49.2 Å². The Morgan fingerprint density at radius 3 is 2.61 bits per heavy atom. The summed E-state index contributed by atoms with van der Waals surface area (Å²) in [5, 5.41) is 3.78. The van der Waals surface area contributed by atoms with Crippen molar-refractivity contribution in [2.75, 3.05) is 26.8 Å². The van der Waals surface area contributed by atoms with Crippen LogP contribution in [0.4, 0.5) is 8.78 Å². The van der Waals surface area contributed by atoms with E-state index in [4.69, 9.17) is 9.47 Å². The highest BCUT2D eigenvalue weighted by Crippen LogP contribution is 2.31. The molecule has 1 fully saturated rings. The zero-order valence-electron chi connectivity index (χ0n) is 19.8. The van der Waals surface area contributed by atoms with E-state index in [0.29, 0.717) is 58.4 Å². The Balaban J connectivity index is 1.38. The Kier molecular flexibility index (Phi) is 6.90. The van der Waals surface area contributed by atoms with Crippen LogP contribution in [0.5, 0.6) is 11.5 Å². The maximum Gasteiger partial charge on any atom is 0.258 e. The van der Waals surface area contributed by atoms with Crippen LogP contribution in [0.2, 0.25) is 0 Å². The van der Waals surface area contributed by atoms with E-state index in [-0.39, 0.29) is 5.56 Å². The number of H-pyrrole nitrogens is 1. The number of benzene rings is 2. The summed E-state index contributed by atoms with van der Waals surface area (Å²) in [5.41, 5.74) is 1.80. The standard InChI is InChI=1S/C27H26F2N4O3/c1-35-24-11-21-23(12-25(24)36-15-17-3-2-6-30-13-17)32-26(33-27(21)34)7-16-4-5-22(31-14-16)18-8-19(28)10-20(29)9-18/h4-5,8-12,14,17,30H,2-3,6-7,13,15H2,1H3,(H,32,33,34)/t17-/m0/s1. The molecule has 2 aromatic carbocycles. The molecule has 0 radical (unpaired) electrons. The number of hydrogen-bond acceptors (Lipinski definition) is 6. The summed E-state index contributed by atoms with van der Waals surface area (Å²) >= 11 is 0. The molecule has 2 N–H and O–H groups in total. The predicted molar refractivity (Wildman–Crippen MR) is 132 cm³/mol. The molecule has 0 bridgehead atoms. The van der Waals surface area contributed by atoms with E-state index in [1.165, 1.54) is 12.1 Å². The maximum atomic E-state index is 13.5. The zero-order valence-corrected chi connectivity index (χ0v) is 19.8. The Morgan fingerprint density at radius 1 is 1.08 bits per heavy atom. The number of aromatic nitrogens is 3. The molecule has 1 aliphatic rings. The van der Waals surface area contributed by atoms with Crippen LogP contribution >= 0.6 is 0 Å². The summed E-state index contributed by atoms with van der Waals surface area (Å²) in [6, 6.07) is 10.1. The molecule has 186 valence electrons. The first-order valence-corrected chi connectivity index (χ1v) is 11.8. The second-order valence-electron chi connectivity index (χ2n) is 8.94. The van der Waals surface area contributed by atoms with Crippen LogP contribution in [0.3, 0.4) is 0 Å². The average Bonchev–Trinajstić information content (AvgIpc) is 2.87. The third kappa shape index (κ3) is 5.36. The van der Waals surface area contributed by atoms with Gasteiger partial charge in [0, 0.05) is 42.8 Å². The van der Waals surface area contributed by atoms with Gasteiger partial charge in [-0.2, -0.15) is 0 Å². The van der Waals surface area contributed by atoms with Crippen LogP contribution in [-0.4, -0.2) is 41.8 Å². The number of pyridine rings is 1. The van der Waals surface area contributed by atoms with Crippen LogP contribution in [0.1, 0.15) is 24.2 Å². The highest BCUT2D eigenvalue weighted by molar-refractivity contribution is 5.81. The number of halogens is 2. The first kappa shape index (κ1) is 23.9. The van der Waals surface area contributed by atoms with Crippen molar-refractivity contribution < 1.29 is 18.3 Å². The van der Waals surface area contributed by atoms with Crippen LogP contribution in [-0.2, 0) is 6.42 Å². The fourth-order valence-electron chi connectivity index (χ4n) is 4.42. The lowest BCUT2D eigenvalue weighted by Crippen LogP contribution is -2.33. The Morgan fingerprint density at radius 2 is 1.92 bits per heavy atom. The van der Waals surface area contributed by atoms with E-state index in [0.717, 1.165) is 37.6 Å². The molecule has 1 saturated heterocycles. The number of rotatable bonds is 7. The number of fused-ring (bicyclic) bond motifs is 1. The molecular weight excluding hydrogens is 466 g/mol. The lowest BCUT2D eigenvalue weighted by molar-refractivity contribution is 0.211. The minimum Gasteiger partial charge on any atom is -0.493 e. The third-order valence-corrected chi connectivity index (χ3v) is 6.27. The lowest BCUT2D eigenvalue weighted by atomic mass is 10.0. The van der Waals surface area contributed by atoms with E-state index < -0.39 is 11.6 Å². The van der Waals surface area contributed by atoms with E-state index >= 15 is 0 Å². The molecule has 1 atom stereocenters. The van der Waals surface area contributed by atoms with Crippen LogP contribution < -0.4 is 20.3 Å². The van der Waals surface area contributed by atoms with Gasteiger partial charge in [0.15, 0.2) is 11.5 Å². The Labute approximate surface area is 206 Å². The molecular formula is C27H26F2N4O3. The van der Waals surface area contributed by atoms with Gasteiger partial charge in [-0.15, -0.1) is 0 Å². The largest absolute Gasteiger partial charge is 0.493 e. The molecule has 5 rings (SSSR count). The Bertz CT molecular complexity index is 1410. The first-order valence-electron chi connectivity index (χ1n) is 11.8. The van der Waals surface area contributed by atoms with Gasteiger partial charge in [-0.3, -0.25) is 9.78 Å². The highest BCUT2D eigenvalue weighted by atomic mass is 19.1. The first-order chi connectivity index (χ1) is 17.5. The number of piperidine rings is 1. The minimum atomic E-state index is -0.663. The molecule has 0 amide bonds. The van der Waals surface area contributed by atoms with Gasteiger partial charge in [0.1, 0.15) is 17.5 Å². The molecule has 9 heteroatoms. The van der Waals surface area contributed by atoms with Crippen molar-refractivity contribution in [1.29, 1.82) is 0 Å². The van der Waals surface area contributed by atoms with Gasteiger partial charge in [0.05, 0.1) is 30.3 Å². The summed E-state index contributed by atoms with van der Waals surface area (Å²) in [6.07, 6.45) is 4.15. The van der Waals surface area contributed by atoms with Crippen molar-refractivity contribution in [3.63, 3.8) is 0 Å². The van der Waals surface area contributed by atoms with Gasteiger partial charge >= 0.3 is 0 Å². The van der Waals surface area contributed by atoms with E-state index in [2.05, 4.69) is 20.3 Å². The van der Waals surface area contributed by atoms with Crippen LogP contribution in [0.15, 0.2) is 53.5 Å². The number of ether oxygens (including phenoxy) is 2. The molecule has 36 heavy (non-hydrogen) atoms. The van der Waals surface area contributed by atoms with E-state index in [9.17, 15) is 13.6 Å². The molecule has 0 unspecified atom stereocenters.